The number of hydrogen-bond donors (Lipinski definition) is 0. The van der Waals surface area contributed by atoms with Gasteiger partial charge in [-0.2, -0.15) is 9.40 Å². The van der Waals surface area contributed by atoms with Crippen LogP contribution in [0.15, 0.2) is 17.3 Å². The van der Waals surface area contributed by atoms with Crippen molar-refractivity contribution in [2.24, 2.45) is 13.0 Å². The van der Waals surface area contributed by atoms with Crippen LogP contribution in [-0.2, 0) is 21.9 Å². The zero-order valence-electron chi connectivity index (χ0n) is 14.1. The maximum Gasteiger partial charge on any atom is 0.246 e. The number of rotatable bonds is 5. The molecule has 1 aliphatic heterocycles. The SMILES string of the molecule is CCC(CC)C(=O)N1CCCN(S(=O)(=O)c2cnn(C)c2)CC1. The van der Waals surface area contributed by atoms with Crippen molar-refractivity contribution in [2.75, 3.05) is 26.2 Å². The predicted molar refractivity (Wildman–Crippen MR) is 87.2 cm³/mol. The summed E-state index contributed by atoms with van der Waals surface area (Å²) in [6.07, 6.45) is 5.18. The van der Waals surface area contributed by atoms with Crippen LogP contribution in [0.25, 0.3) is 0 Å². The summed E-state index contributed by atoms with van der Waals surface area (Å²) >= 11 is 0. The van der Waals surface area contributed by atoms with Crippen LogP contribution in [0.1, 0.15) is 33.1 Å². The monoisotopic (exact) mass is 342 g/mol. The van der Waals surface area contributed by atoms with Gasteiger partial charge in [0.25, 0.3) is 0 Å². The third-order valence-electron chi connectivity index (χ3n) is 4.42. The highest BCUT2D eigenvalue weighted by Gasteiger charge is 2.30. The molecule has 0 unspecified atom stereocenters. The highest BCUT2D eigenvalue weighted by atomic mass is 32.2. The Morgan fingerprint density at radius 1 is 1.22 bits per heavy atom. The lowest BCUT2D eigenvalue weighted by molar-refractivity contribution is -0.135. The summed E-state index contributed by atoms with van der Waals surface area (Å²) in [6.45, 7) is 5.88. The zero-order valence-corrected chi connectivity index (χ0v) is 14.9. The van der Waals surface area contributed by atoms with Gasteiger partial charge in [0, 0.05) is 45.3 Å². The van der Waals surface area contributed by atoms with Gasteiger partial charge in [0.05, 0.1) is 6.20 Å². The Kier molecular flexibility index (Phi) is 5.80. The van der Waals surface area contributed by atoms with Crippen LogP contribution in [0.5, 0.6) is 0 Å². The van der Waals surface area contributed by atoms with Gasteiger partial charge in [-0.05, 0) is 19.3 Å². The molecule has 0 saturated carbocycles. The first kappa shape index (κ1) is 17.9. The number of aryl methyl sites for hydroxylation is 1. The fourth-order valence-corrected chi connectivity index (χ4v) is 4.39. The van der Waals surface area contributed by atoms with Gasteiger partial charge in [-0.3, -0.25) is 9.48 Å². The van der Waals surface area contributed by atoms with Crippen molar-refractivity contribution in [3.8, 4) is 0 Å². The van der Waals surface area contributed by atoms with Crippen molar-refractivity contribution >= 4 is 15.9 Å². The second-order valence-corrected chi connectivity index (χ2v) is 7.88. The standard InChI is InChI=1S/C15H26N4O3S/c1-4-13(5-2)15(20)18-7-6-8-19(10-9-18)23(21,22)14-11-16-17(3)12-14/h11-13H,4-10H2,1-3H3. The van der Waals surface area contributed by atoms with Gasteiger partial charge in [0.1, 0.15) is 4.90 Å². The minimum atomic E-state index is -3.53. The third-order valence-corrected chi connectivity index (χ3v) is 6.27. The molecule has 0 atom stereocenters. The lowest BCUT2D eigenvalue weighted by atomic mass is 10.0. The van der Waals surface area contributed by atoms with Crippen molar-refractivity contribution in [1.82, 2.24) is 19.0 Å². The molecule has 2 heterocycles. The molecule has 2 rings (SSSR count). The first-order chi connectivity index (χ1) is 10.9. The molecular formula is C15H26N4O3S. The van der Waals surface area contributed by atoms with Gasteiger partial charge in [0.2, 0.25) is 15.9 Å². The molecule has 0 bridgehead atoms. The molecule has 1 fully saturated rings. The number of carbonyl (C=O) groups is 1. The van der Waals surface area contributed by atoms with Crippen molar-refractivity contribution in [2.45, 2.75) is 38.0 Å². The smallest absolute Gasteiger partial charge is 0.246 e. The summed E-state index contributed by atoms with van der Waals surface area (Å²) in [6, 6.07) is 0. The molecule has 130 valence electrons. The molecule has 1 saturated heterocycles. The van der Waals surface area contributed by atoms with E-state index >= 15 is 0 Å². The molecule has 7 nitrogen and oxygen atoms in total. The molecule has 0 spiro atoms. The van der Waals surface area contributed by atoms with Gasteiger partial charge in [0.15, 0.2) is 0 Å². The van der Waals surface area contributed by atoms with Gasteiger partial charge in [-0.15, -0.1) is 0 Å². The van der Waals surface area contributed by atoms with Crippen molar-refractivity contribution in [3.05, 3.63) is 12.4 Å². The molecule has 0 N–H and O–H groups in total. The largest absolute Gasteiger partial charge is 0.341 e. The number of hydrogen-bond acceptors (Lipinski definition) is 4. The third kappa shape index (κ3) is 3.92. The van der Waals surface area contributed by atoms with E-state index in [4.69, 9.17) is 0 Å². The van der Waals surface area contributed by atoms with Crippen LogP contribution in [-0.4, -0.2) is 59.5 Å². The molecule has 0 aromatic carbocycles. The van der Waals surface area contributed by atoms with Gasteiger partial charge < -0.3 is 4.90 Å². The fraction of sp³-hybridized carbons (Fsp3) is 0.733. The maximum atomic E-state index is 12.6. The Labute approximate surface area is 138 Å². The molecule has 0 radical (unpaired) electrons. The molecule has 1 aromatic heterocycles. The van der Waals surface area contributed by atoms with Crippen molar-refractivity contribution in [3.63, 3.8) is 0 Å². The molecule has 1 aliphatic rings. The van der Waals surface area contributed by atoms with E-state index in [1.807, 2.05) is 18.7 Å². The first-order valence-electron chi connectivity index (χ1n) is 8.17. The minimum absolute atomic E-state index is 0.0384. The highest BCUT2D eigenvalue weighted by Crippen LogP contribution is 2.19. The van der Waals surface area contributed by atoms with E-state index in [0.29, 0.717) is 32.6 Å². The number of sulfonamides is 1. The quantitative estimate of drug-likeness (QED) is 0.802. The van der Waals surface area contributed by atoms with Crippen molar-refractivity contribution in [1.29, 1.82) is 0 Å². The molecule has 1 amide bonds. The van der Waals surface area contributed by atoms with Crippen LogP contribution >= 0.6 is 0 Å². The Hall–Kier alpha value is -1.41. The van der Waals surface area contributed by atoms with Gasteiger partial charge in [-0.1, -0.05) is 13.8 Å². The number of carbonyl (C=O) groups excluding carboxylic acids is 1. The van der Waals surface area contributed by atoms with Crippen LogP contribution in [0.4, 0.5) is 0 Å². The molecule has 8 heteroatoms. The van der Waals surface area contributed by atoms with Crippen LogP contribution < -0.4 is 0 Å². The predicted octanol–water partition coefficient (Wildman–Crippen LogP) is 1.08. The summed E-state index contributed by atoms with van der Waals surface area (Å²) in [5.41, 5.74) is 0. The molecule has 0 aliphatic carbocycles. The van der Waals surface area contributed by atoms with Gasteiger partial charge >= 0.3 is 0 Å². The fourth-order valence-electron chi connectivity index (χ4n) is 2.93. The Balaban J connectivity index is 2.08. The maximum absolute atomic E-state index is 12.6. The summed E-state index contributed by atoms with van der Waals surface area (Å²) in [5, 5.41) is 3.94. The van der Waals surface area contributed by atoms with E-state index in [2.05, 4.69) is 5.10 Å². The summed E-state index contributed by atoms with van der Waals surface area (Å²) in [7, 11) is -1.84. The van der Waals surface area contributed by atoms with Crippen LogP contribution in [0, 0.1) is 5.92 Å². The second-order valence-electron chi connectivity index (χ2n) is 5.95. The van der Waals surface area contributed by atoms with Crippen LogP contribution in [0.3, 0.4) is 0 Å². The van der Waals surface area contributed by atoms with E-state index in [-0.39, 0.29) is 16.7 Å². The zero-order chi connectivity index (χ0) is 17.0. The average Bonchev–Trinajstić information content (AvgIpc) is 2.82. The number of amides is 1. The minimum Gasteiger partial charge on any atom is -0.341 e. The topological polar surface area (TPSA) is 75.5 Å². The molecular weight excluding hydrogens is 316 g/mol. The Morgan fingerprint density at radius 3 is 2.48 bits per heavy atom. The lowest BCUT2D eigenvalue weighted by Crippen LogP contribution is -2.39. The molecule has 23 heavy (non-hydrogen) atoms. The Morgan fingerprint density at radius 2 is 1.91 bits per heavy atom. The summed E-state index contributed by atoms with van der Waals surface area (Å²) in [4.78, 5) is 14.5. The van der Waals surface area contributed by atoms with E-state index in [1.54, 1.807) is 7.05 Å². The van der Waals surface area contributed by atoms with E-state index in [0.717, 1.165) is 12.8 Å². The summed E-state index contributed by atoms with van der Waals surface area (Å²) < 4.78 is 28.2. The van der Waals surface area contributed by atoms with Crippen LogP contribution in [0.2, 0.25) is 0 Å². The summed E-state index contributed by atoms with van der Waals surface area (Å²) in [5.74, 6) is 0.187. The van der Waals surface area contributed by atoms with E-state index in [9.17, 15) is 13.2 Å². The average molecular weight is 342 g/mol. The van der Waals surface area contributed by atoms with E-state index < -0.39 is 10.0 Å². The van der Waals surface area contributed by atoms with E-state index in [1.165, 1.54) is 21.4 Å². The number of nitrogens with zero attached hydrogens (tertiary/aromatic N) is 4. The normalized spacial score (nSPS) is 17.5. The second kappa shape index (κ2) is 7.44. The first-order valence-corrected chi connectivity index (χ1v) is 9.61. The molecule has 1 aromatic rings. The Bertz CT molecular complexity index is 637. The lowest BCUT2D eigenvalue weighted by Gasteiger charge is -2.25. The highest BCUT2D eigenvalue weighted by molar-refractivity contribution is 7.89. The number of aromatic nitrogens is 2. The van der Waals surface area contributed by atoms with Crippen molar-refractivity contribution < 1.29 is 13.2 Å². The van der Waals surface area contributed by atoms with Gasteiger partial charge in [-0.25, -0.2) is 8.42 Å².